The molecule has 6 heteroatoms. The second-order valence-corrected chi connectivity index (χ2v) is 6.31. The van der Waals surface area contributed by atoms with Crippen LogP contribution in [0.15, 0.2) is 12.3 Å². The number of hydrogen-bond acceptors (Lipinski definition) is 4. The lowest BCUT2D eigenvalue weighted by atomic mass is 10.1. The predicted octanol–water partition coefficient (Wildman–Crippen LogP) is 2.09. The van der Waals surface area contributed by atoms with Gasteiger partial charge in [0.25, 0.3) is 5.91 Å². The molecule has 2 unspecified atom stereocenters. The van der Waals surface area contributed by atoms with Crippen molar-refractivity contribution in [2.75, 3.05) is 32.0 Å². The minimum absolute atomic E-state index is 0.0334. The van der Waals surface area contributed by atoms with Crippen LogP contribution in [0.25, 0.3) is 0 Å². The zero-order chi connectivity index (χ0) is 15.0. The molecule has 1 N–H and O–H groups in total. The topological polar surface area (TPSA) is 48.5 Å². The lowest BCUT2D eigenvalue weighted by Crippen LogP contribution is -2.56. The molecule has 2 aliphatic heterocycles. The van der Waals surface area contributed by atoms with E-state index in [9.17, 15) is 4.79 Å². The molecule has 2 aliphatic rings. The number of fused-ring (bicyclic) bond motifs is 1. The Morgan fingerprint density at radius 2 is 2.29 bits per heavy atom. The lowest BCUT2D eigenvalue weighted by molar-refractivity contribution is 0.0395. The molecule has 0 bridgehead atoms. The van der Waals surface area contributed by atoms with Crippen molar-refractivity contribution < 1.29 is 4.79 Å². The Morgan fingerprint density at radius 3 is 3.00 bits per heavy atom. The van der Waals surface area contributed by atoms with Gasteiger partial charge in [-0.25, -0.2) is 4.98 Å². The maximum absolute atomic E-state index is 12.7. The molecule has 0 radical (unpaired) electrons. The third kappa shape index (κ3) is 2.72. The van der Waals surface area contributed by atoms with Crippen LogP contribution in [-0.2, 0) is 0 Å². The largest absolute Gasteiger partial charge is 0.372 e. The maximum Gasteiger partial charge on any atom is 0.255 e. The Hall–Kier alpha value is -1.33. The van der Waals surface area contributed by atoms with Crippen LogP contribution in [-0.4, -0.2) is 59.5 Å². The average Bonchev–Trinajstić information content (AvgIpc) is 2.92. The average molecular weight is 309 g/mol. The fourth-order valence-electron chi connectivity index (χ4n) is 3.37. The Morgan fingerprint density at radius 1 is 1.48 bits per heavy atom. The van der Waals surface area contributed by atoms with Crippen molar-refractivity contribution in [2.45, 2.75) is 31.8 Å². The fourth-order valence-corrected chi connectivity index (χ4v) is 3.64. The van der Waals surface area contributed by atoms with Gasteiger partial charge in [0.05, 0.1) is 10.6 Å². The van der Waals surface area contributed by atoms with Gasteiger partial charge in [0, 0.05) is 38.4 Å². The number of pyridine rings is 1. The second-order valence-electron chi connectivity index (χ2n) is 5.90. The molecule has 1 aromatic heterocycles. The number of anilines is 1. The molecule has 0 saturated carbocycles. The number of aromatic nitrogens is 1. The molecule has 3 heterocycles. The van der Waals surface area contributed by atoms with Gasteiger partial charge in [-0.05, 0) is 32.4 Å². The van der Waals surface area contributed by atoms with Gasteiger partial charge in [-0.15, -0.1) is 0 Å². The minimum atomic E-state index is 0.0334. The highest BCUT2D eigenvalue weighted by Crippen LogP contribution is 2.27. The zero-order valence-electron chi connectivity index (χ0n) is 12.5. The van der Waals surface area contributed by atoms with E-state index >= 15 is 0 Å². The molecule has 2 atom stereocenters. The summed E-state index contributed by atoms with van der Waals surface area (Å²) in [5.41, 5.74) is 0.567. The van der Waals surface area contributed by atoms with E-state index in [-0.39, 0.29) is 11.9 Å². The molecule has 3 rings (SSSR count). The number of carbonyl (C=O) groups excluding carboxylic acids is 1. The molecule has 114 valence electrons. The van der Waals surface area contributed by atoms with Crippen molar-refractivity contribution in [3.8, 4) is 0 Å². The van der Waals surface area contributed by atoms with E-state index < -0.39 is 0 Å². The van der Waals surface area contributed by atoms with Crippen molar-refractivity contribution in [2.24, 2.45) is 0 Å². The zero-order valence-corrected chi connectivity index (χ0v) is 13.2. The van der Waals surface area contributed by atoms with Gasteiger partial charge in [-0.1, -0.05) is 11.6 Å². The van der Waals surface area contributed by atoms with Crippen molar-refractivity contribution in [1.82, 2.24) is 14.8 Å². The normalized spacial score (nSPS) is 25.8. The predicted molar refractivity (Wildman–Crippen MR) is 83.9 cm³/mol. The SMILES string of the molecule is CNc1ncc(C(=O)N2CC3CCCN3CC2C)cc1Cl. The van der Waals surface area contributed by atoms with Gasteiger partial charge < -0.3 is 10.2 Å². The molecule has 2 fully saturated rings. The number of amides is 1. The summed E-state index contributed by atoms with van der Waals surface area (Å²) in [6, 6.07) is 2.45. The van der Waals surface area contributed by atoms with Crippen LogP contribution in [0.1, 0.15) is 30.1 Å². The molecule has 0 aliphatic carbocycles. The summed E-state index contributed by atoms with van der Waals surface area (Å²) in [7, 11) is 1.76. The van der Waals surface area contributed by atoms with Crippen LogP contribution in [0.2, 0.25) is 5.02 Å². The molecule has 0 spiro atoms. The highest BCUT2D eigenvalue weighted by atomic mass is 35.5. The Bertz CT molecular complexity index is 550. The monoisotopic (exact) mass is 308 g/mol. The summed E-state index contributed by atoms with van der Waals surface area (Å²) in [5.74, 6) is 0.632. The number of rotatable bonds is 2. The molecule has 2 saturated heterocycles. The molecular weight excluding hydrogens is 288 g/mol. The van der Waals surface area contributed by atoms with Crippen molar-refractivity contribution >= 4 is 23.3 Å². The van der Waals surface area contributed by atoms with Gasteiger partial charge in [0.15, 0.2) is 0 Å². The smallest absolute Gasteiger partial charge is 0.255 e. The highest BCUT2D eigenvalue weighted by Gasteiger charge is 2.36. The van der Waals surface area contributed by atoms with Gasteiger partial charge in [0.1, 0.15) is 5.82 Å². The first kappa shape index (κ1) is 14.6. The van der Waals surface area contributed by atoms with Gasteiger partial charge in [-0.2, -0.15) is 0 Å². The molecular formula is C15H21ClN4O. The van der Waals surface area contributed by atoms with E-state index in [0.717, 1.165) is 13.1 Å². The van der Waals surface area contributed by atoms with Crippen molar-refractivity contribution in [3.63, 3.8) is 0 Å². The van der Waals surface area contributed by atoms with Crippen molar-refractivity contribution in [3.05, 3.63) is 22.8 Å². The third-order valence-corrected chi connectivity index (χ3v) is 4.81. The summed E-state index contributed by atoms with van der Waals surface area (Å²) < 4.78 is 0. The van der Waals surface area contributed by atoms with Crippen LogP contribution in [0, 0.1) is 0 Å². The van der Waals surface area contributed by atoms with E-state index in [1.54, 1.807) is 19.3 Å². The highest BCUT2D eigenvalue weighted by molar-refractivity contribution is 6.33. The van der Waals surface area contributed by atoms with Crippen LogP contribution >= 0.6 is 11.6 Å². The standard InChI is InChI=1S/C15H21ClN4O/c1-10-8-19-5-3-4-12(19)9-20(10)15(21)11-6-13(16)14(17-2)18-7-11/h6-7,10,12H,3-5,8-9H2,1-2H3,(H,17,18). The first-order valence-corrected chi connectivity index (χ1v) is 7.86. The van der Waals surface area contributed by atoms with Gasteiger partial charge in [-0.3, -0.25) is 9.69 Å². The summed E-state index contributed by atoms with van der Waals surface area (Å²) in [5, 5.41) is 3.39. The second kappa shape index (κ2) is 5.81. The molecule has 1 aromatic rings. The van der Waals surface area contributed by atoms with Crippen LogP contribution in [0.3, 0.4) is 0 Å². The van der Waals surface area contributed by atoms with E-state index in [0.29, 0.717) is 22.4 Å². The van der Waals surface area contributed by atoms with Crippen LogP contribution in [0.5, 0.6) is 0 Å². The summed E-state index contributed by atoms with van der Waals surface area (Å²) in [4.78, 5) is 21.4. The van der Waals surface area contributed by atoms with E-state index in [2.05, 4.69) is 22.1 Å². The van der Waals surface area contributed by atoms with Crippen LogP contribution < -0.4 is 5.32 Å². The third-order valence-electron chi connectivity index (χ3n) is 4.52. The molecule has 0 aromatic carbocycles. The first-order chi connectivity index (χ1) is 10.1. The van der Waals surface area contributed by atoms with Crippen molar-refractivity contribution in [1.29, 1.82) is 0 Å². The van der Waals surface area contributed by atoms with E-state index in [1.165, 1.54) is 19.4 Å². The fraction of sp³-hybridized carbons (Fsp3) is 0.600. The van der Waals surface area contributed by atoms with E-state index in [1.807, 2.05) is 4.90 Å². The van der Waals surface area contributed by atoms with Gasteiger partial charge >= 0.3 is 0 Å². The number of carbonyl (C=O) groups is 1. The maximum atomic E-state index is 12.7. The number of piperazine rings is 1. The molecule has 5 nitrogen and oxygen atoms in total. The summed E-state index contributed by atoms with van der Waals surface area (Å²) in [6.45, 7) is 5.06. The molecule has 21 heavy (non-hydrogen) atoms. The minimum Gasteiger partial charge on any atom is -0.372 e. The number of halogens is 1. The summed E-state index contributed by atoms with van der Waals surface area (Å²) in [6.07, 6.45) is 4.03. The Balaban J connectivity index is 1.79. The lowest BCUT2D eigenvalue weighted by Gasteiger charge is -2.42. The Labute approximate surface area is 130 Å². The number of nitrogens with zero attached hydrogens (tertiary/aromatic N) is 3. The van der Waals surface area contributed by atoms with Crippen LogP contribution in [0.4, 0.5) is 5.82 Å². The number of nitrogens with one attached hydrogen (secondary N) is 1. The molecule has 1 amide bonds. The Kier molecular flexibility index (Phi) is 4.04. The first-order valence-electron chi connectivity index (χ1n) is 7.48. The summed E-state index contributed by atoms with van der Waals surface area (Å²) >= 11 is 6.13. The number of hydrogen-bond donors (Lipinski definition) is 1. The van der Waals surface area contributed by atoms with Gasteiger partial charge in [0.2, 0.25) is 0 Å². The van der Waals surface area contributed by atoms with E-state index in [4.69, 9.17) is 11.6 Å². The quantitative estimate of drug-likeness (QED) is 0.909.